The summed E-state index contributed by atoms with van der Waals surface area (Å²) in [5.41, 5.74) is 6.59. The Hall–Kier alpha value is -1.17. The minimum absolute atomic E-state index is 0.0619. The van der Waals surface area contributed by atoms with E-state index in [0.29, 0.717) is 13.1 Å². The zero-order chi connectivity index (χ0) is 13.8. The smallest absolute Gasteiger partial charge is 0.165 e. The zero-order valence-corrected chi connectivity index (χ0v) is 11.4. The first-order valence-corrected chi connectivity index (χ1v) is 6.52. The molecule has 1 fully saturated rings. The molecule has 1 aliphatic rings. The van der Waals surface area contributed by atoms with Crippen LogP contribution in [0.15, 0.2) is 18.2 Å². The summed E-state index contributed by atoms with van der Waals surface area (Å²) in [4.78, 5) is 2.24. The van der Waals surface area contributed by atoms with Crippen molar-refractivity contribution in [2.45, 2.75) is 25.7 Å². The fourth-order valence-corrected chi connectivity index (χ4v) is 2.47. The summed E-state index contributed by atoms with van der Waals surface area (Å²) in [6, 6.07) is 5.07. The minimum Gasteiger partial charge on any atom is -0.494 e. The largest absolute Gasteiger partial charge is 0.494 e. The molecule has 0 radical (unpaired) electrons. The molecule has 0 spiro atoms. The van der Waals surface area contributed by atoms with Crippen LogP contribution in [0.2, 0.25) is 0 Å². The van der Waals surface area contributed by atoms with Crippen LogP contribution in [0.4, 0.5) is 4.39 Å². The number of morpholine rings is 1. The summed E-state index contributed by atoms with van der Waals surface area (Å²) >= 11 is 0. The Morgan fingerprint density at radius 2 is 2.26 bits per heavy atom. The molecule has 0 amide bonds. The van der Waals surface area contributed by atoms with Gasteiger partial charge in [-0.05, 0) is 24.6 Å². The molecule has 2 atom stereocenters. The molecule has 2 rings (SSSR count). The van der Waals surface area contributed by atoms with Gasteiger partial charge in [-0.1, -0.05) is 6.07 Å². The molecule has 0 aromatic heterocycles. The van der Waals surface area contributed by atoms with E-state index in [1.54, 1.807) is 6.07 Å². The Kier molecular flexibility index (Phi) is 4.74. The Morgan fingerprint density at radius 3 is 2.89 bits per heavy atom. The van der Waals surface area contributed by atoms with Crippen molar-refractivity contribution in [2.75, 3.05) is 26.7 Å². The van der Waals surface area contributed by atoms with Crippen LogP contribution < -0.4 is 10.5 Å². The maximum atomic E-state index is 13.6. The van der Waals surface area contributed by atoms with E-state index in [9.17, 15) is 4.39 Å². The maximum Gasteiger partial charge on any atom is 0.165 e. The Labute approximate surface area is 113 Å². The lowest BCUT2D eigenvalue weighted by molar-refractivity contribution is -0.0745. The molecule has 1 heterocycles. The summed E-state index contributed by atoms with van der Waals surface area (Å²) in [5.74, 6) is -0.0457. The molecule has 0 saturated carbocycles. The van der Waals surface area contributed by atoms with Crippen LogP contribution in [0.1, 0.15) is 12.5 Å². The number of nitrogens with two attached hydrogens (primary N) is 1. The van der Waals surface area contributed by atoms with E-state index < -0.39 is 0 Å². The predicted octanol–water partition coefficient (Wildman–Crippen LogP) is 1.38. The van der Waals surface area contributed by atoms with Crippen molar-refractivity contribution < 1.29 is 13.9 Å². The van der Waals surface area contributed by atoms with Crippen LogP contribution in [0.5, 0.6) is 5.75 Å². The number of rotatable bonds is 4. The van der Waals surface area contributed by atoms with Gasteiger partial charge in [0.2, 0.25) is 0 Å². The van der Waals surface area contributed by atoms with Crippen LogP contribution in [0.25, 0.3) is 0 Å². The molecule has 1 aromatic rings. The van der Waals surface area contributed by atoms with Crippen molar-refractivity contribution in [3.05, 3.63) is 29.6 Å². The summed E-state index contributed by atoms with van der Waals surface area (Å²) in [7, 11) is 1.47. The van der Waals surface area contributed by atoms with E-state index in [-0.39, 0.29) is 23.8 Å². The highest BCUT2D eigenvalue weighted by atomic mass is 19.1. The number of hydrogen-bond acceptors (Lipinski definition) is 4. The Balaban J connectivity index is 2.02. The molecular formula is C14H21FN2O2. The van der Waals surface area contributed by atoms with Crippen LogP contribution in [-0.2, 0) is 11.3 Å². The molecule has 5 heteroatoms. The quantitative estimate of drug-likeness (QED) is 0.896. The minimum atomic E-state index is -0.323. The molecule has 1 aliphatic heterocycles. The summed E-state index contributed by atoms with van der Waals surface area (Å²) in [6.07, 6.45) is 0.220. The van der Waals surface area contributed by atoms with Gasteiger partial charge >= 0.3 is 0 Å². The monoisotopic (exact) mass is 268 g/mol. The molecule has 1 aromatic carbocycles. The number of methoxy groups -OCH3 is 1. The first-order valence-electron chi connectivity index (χ1n) is 6.52. The number of ether oxygens (including phenoxy) is 2. The standard InChI is InChI=1S/C14H21FN2O2/c1-10-7-17(9-12(6-16)19-10)8-11-3-4-14(18-2)13(15)5-11/h3-5,10,12H,6-9,16H2,1-2H3. The second-order valence-electron chi connectivity index (χ2n) is 4.97. The molecule has 2 N–H and O–H groups in total. The van der Waals surface area contributed by atoms with Crippen molar-refractivity contribution in [3.63, 3.8) is 0 Å². The number of halogens is 1. The van der Waals surface area contributed by atoms with Crippen LogP contribution >= 0.6 is 0 Å². The van der Waals surface area contributed by atoms with E-state index in [2.05, 4.69) is 4.90 Å². The van der Waals surface area contributed by atoms with Crippen LogP contribution in [0, 0.1) is 5.82 Å². The highest BCUT2D eigenvalue weighted by Gasteiger charge is 2.24. The van der Waals surface area contributed by atoms with Crippen molar-refractivity contribution in [2.24, 2.45) is 5.73 Å². The van der Waals surface area contributed by atoms with Gasteiger partial charge in [0, 0.05) is 26.2 Å². The fourth-order valence-electron chi connectivity index (χ4n) is 2.47. The second-order valence-corrected chi connectivity index (χ2v) is 4.97. The number of hydrogen-bond donors (Lipinski definition) is 1. The van der Waals surface area contributed by atoms with E-state index in [0.717, 1.165) is 18.7 Å². The van der Waals surface area contributed by atoms with E-state index in [1.165, 1.54) is 13.2 Å². The van der Waals surface area contributed by atoms with Gasteiger partial charge in [0.15, 0.2) is 11.6 Å². The van der Waals surface area contributed by atoms with Crippen LogP contribution in [0.3, 0.4) is 0 Å². The molecule has 0 bridgehead atoms. The van der Waals surface area contributed by atoms with E-state index >= 15 is 0 Å². The third-order valence-corrected chi connectivity index (χ3v) is 3.29. The van der Waals surface area contributed by atoms with E-state index in [1.807, 2.05) is 13.0 Å². The lowest BCUT2D eigenvalue weighted by atomic mass is 10.1. The van der Waals surface area contributed by atoms with Gasteiger partial charge in [-0.25, -0.2) is 4.39 Å². The first-order chi connectivity index (χ1) is 9.12. The summed E-state index contributed by atoms with van der Waals surface area (Å²) in [5, 5.41) is 0. The predicted molar refractivity (Wildman–Crippen MR) is 71.6 cm³/mol. The van der Waals surface area contributed by atoms with Crippen molar-refractivity contribution >= 4 is 0 Å². The lowest BCUT2D eigenvalue weighted by Gasteiger charge is -2.36. The summed E-state index contributed by atoms with van der Waals surface area (Å²) < 4.78 is 24.3. The number of nitrogens with zero attached hydrogens (tertiary/aromatic N) is 1. The molecule has 4 nitrogen and oxygen atoms in total. The van der Waals surface area contributed by atoms with Crippen molar-refractivity contribution in [1.82, 2.24) is 4.90 Å². The van der Waals surface area contributed by atoms with Gasteiger partial charge in [-0.15, -0.1) is 0 Å². The number of benzene rings is 1. The SMILES string of the molecule is COc1ccc(CN2CC(C)OC(CN)C2)cc1F. The van der Waals surface area contributed by atoms with Gasteiger partial charge in [0.25, 0.3) is 0 Å². The molecule has 2 unspecified atom stereocenters. The van der Waals surface area contributed by atoms with Gasteiger partial charge in [-0.2, -0.15) is 0 Å². The fraction of sp³-hybridized carbons (Fsp3) is 0.571. The zero-order valence-electron chi connectivity index (χ0n) is 11.4. The van der Waals surface area contributed by atoms with Gasteiger partial charge in [-0.3, -0.25) is 4.90 Å². The molecule has 19 heavy (non-hydrogen) atoms. The van der Waals surface area contributed by atoms with Crippen molar-refractivity contribution in [1.29, 1.82) is 0 Å². The van der Waals surface area contributed by atoms with Crippen molar-refractivity contribution in [3.8, 4) is 5.75 Å². The molecule has 106 valence electrons. The topological polar surface area (TPSA) is 47.7 Å². The summed E-state index contributed by atoms with van der Waals surface area (Å²) in [6.45, 7) is 4.87. The van der Waals surface area contributed by atoms with Gasteiger partial charge in [0.05, 0.1) is 19.3 Å². The second kappa shape index (κ2) is 6.32. The van der Waals surface area contributed by atoms with Gasteiger partial charge in [0.1, 0.15) is 0 Å². The van der Waals surface area contributed by atoms with Crippen LogP contribution in [-0.4, -0.2) is 43.9 Å². The molecule has 0 aliphatic carbocycles. The average Bonchev–Trinajstić information content (AvgIpc) is 2.38. The Bertz CT molecular complexity index is 428. The third-order valence-electron chi connectivity index (χ3n) is 3.29. The van der Waals surface area contributed by atoms with Gasteiger partial charge < -0.3 is 15.2 Å². The normalized spacial score (nSPS) is 24.4. The third kappa shape index (κ3) is 3.65. The average molecular weight is 268 g/mol. The lowest BCUT2D eigenvalue weighted by Crippen LogP contribution is -2.48. The Morgan fingerprint density at radius 1 is 1.47 bits per heavy atom. The highest BCUT2D eigenvalue weighted by molar-refractivity contribution is 5.29. The first kappa shape index (κ1) is 14.2. The maximum absolute atomic E-state index is 13.6. The molecular weight excluding hydrogens is 247 g/mol. The highest BCUT2D eigenvalue weighted by Crippen LogP contribution is 2.20. The molecule has 1 saturated heterocycles. The van der Waals surface area contributed by atoms with E-state index in [4.69, 9.17) is 15.2 Å².